The summed E-state index contributed by atoms with van der Waals surface area (Å²) in [4.78, 5) is 23.6. The Bertz CT molecular complexity index is 459. The molecular formula is C12H16N2O4. The molecule has 1 aromatic carbocycles. The maximum Gasteiger partial charge on any atom is 0.335 e. The Morgan fingerprint density at radius 2 is 2.11 bits per heavy atom. The van der Waals surface area contributed by atoms with Gasteiger partial charge in [0.05, 0.1) is 30.5 Å². The first-order valence-corrected chi connectivity index (χ1v) is 5.36. The molecule has 0 saturated carbocycles. The van der Waals surface area contributed by atoms with Crippen molar-refractivity contribution in [2.75, 3.05) is 31.3 Å². The fourth-order valence-electron chi connectivity index (χ4n) is 1.52. The topological polar surface area (TPSA) is 92.9 Å². The molecule has 0 heterocycles. The van der Waals surface area contributed by atoms with Crippen LogP contribution < -0.4 is 10.6 Å². The molecule has 0 amide bonds. The maximum absolute atomic E-state index is 11.0. The van der Waals surface area contributed by atoms with Gasteiger partial charge < -0.3 is 20.5 Å². The zero-order chi connectivity index (χ0) is 13.7. The second-order valence-electron chi connectivity index (χ2n) is 3.83. The molecule has 0 aliphatic carbocycles. The lowest BCUT2D eigenvalue weighted by Crippen LogP contribution is -2.22. The van der Waals surface area contributed by atoms with E-state index < -0.39 is 5.97 Å². The molecule has 98 valence electrons. The number of esters is 1. The molecule has 18 heavy (non-hydrogen) atoms. The first-order valence-electron chi connectivity index (χ1n) is 5.36. The van der Waals surface area contributed by atoms with Gasteiger partial charge in [0.1, 0.15) is 0 Å². The highest BCUT2D eigenvalue weighted by Gasteiger charge is 2.10. The number of nitrogen functional groups attached to an aromatic ring is 1. The number of ether oxygens (including phenoxy) is 1. The summed E-state index contributed by atoms with van der Waals surface area (Å²) in [6.45, 7) is 0.448. The van der Waals surface area contributed by atoms with Crippen molar-refractivity contribution in [3.05, 3.63) is 23.8 Å². The van der Waals surface area contributed by atoms with Crippen LogP contribution in [0.2, 0.25) is 0 Å². The number of carbonyl (C=O) groups excluding carboxylic acids is 1. The molecule has 0 bridgehead atoms. The minimum absolute atomic E-state index is 0.137. The molecular weight excluding hydrogens is 236 g/mol. The number of anilines is 2. The predicted octanol–water partition coefficient (Wildman–Crippen LogP) is 0.966. The van der Waals surface area contributed by atoms with E-state index in [1.807, 2.05) is 0 Å². The minimum atomic E-state index is -1.02. The summed E-state index contributed by atoms with van der Waals surface area (Å²) in [5.41, 5.74) is 6.96. The number of nitrogens with two attached hydrogens (primary N) is 1. The molecule has 6 nitrogen and oxygen atoms in total. The molecule has 0 aliphatic heterocycles. The van der Waals surface area contributed by atoms with Crippen LogP contribution >= 0.6 is 0 Å². The van der Waals surface area contributed by atoms with Crippen LogP contribution in [-0.4, -0.2) is 37.7 Å². The quantitative estimate of drug-likeness (QED) is 0.599. The van der Waals surface area contributed by atoms with Crippen molar-refractivity contribution in [2.45, 2.75) is 6.42 Å². The molecule has 0 aromatic heterocycles. The summed E-state index contributed by atoms with van der Waals surface area (Å²) in [5, 5.41) is 8.82. The number of aromatic carboxylic acids is 1. The van der Waals surface area contributed by atoms with E-state index in [9.17, 15) is 9.59 Å². The summed E-state index contributed by atoms with van der Waals surface area (Å²) in [5.74, 6) is -1.33. The van der Waals surface area contributed by atoms with Crippen molar-refractivity contribution in [1.29, 1.82) is 0 Å². The molecule has 0 aliphatic rings. The average molecular weight is 252 g/mol. The molecule has 3 N–H and O–H groups in total. The van der Waals surface area contributed by atoms with E-state index >= 15 is 0 Å². The monoisotopic (exact) mass is 252 g/mol. The average Bonchev–Trinajstić information content (AvgIpc) is 2.35. The molecule has 0 atom stereocenters. The number of methoxy groups -OCH3 is 1. The number of nitrogens with zero attached hydrogens (tertiary/aromatic N) is 1. The van der Waals surface area contributed by atoms with Crippen molar-refractivity contribution < 1.29 is 19.4 Å². The van der Waals surface area contributed by atoms with Gasteiger partial charge in [0.25, 0.3) is 0 Å². The van der Waals surface area contributed by atoms with Gasteiger partial charge in [0.15, 0.2) is 0 Å². The van der Waals surface area contributed by atoms with Gasteiger partial charge >= 0.3 is 11.9 Å². The minimum Gasteiger partial charge on any atom is -0.478 e. The van der Waals surface area contributed by atoms with Crippen LogP contribution in [0.5, 0.6) is 0 Å². The van der Waals surface area contributed by atoms with E-state index in [-0.39, 0.29) is 18.0 Å². The predicted molar refractivity (Wildman–Crippen MR) is 67.7 cm³/mol. The van der Waals surface area contributed by atoms with Crippen LogP contribution in [0, 0.1) is 0 Å². The Morgan fingerprint density at radius 1 is 1.44 bits per heavy atom. The Morgan fingerprint density at radius 3 is 2.61 bits per heavy atom. The second kappa shape index (κ2) is 5.90. The zero-order valence-corrected chi connectivity index (χ0v) is 10.3. The Kier molecular flexibility index (Phi) is 4.53. The molecule has 0 radical (unpaired) electrons. The largest absolute Gasteiger partial charge is 0.478 e. The molecule has 0 unspecified atom stereocenters. The summed E-state index contributed by atoms with van der Waals surface area (Å²) >= 11 is 0. The standard InChI is InChI=1S/C12H16N2O4/c1-14(6-5-11(15)18-2)10-4-3-8(12(16)17)7-9(10)13/h3-4,7H,5-6,13H2,1-2H3,(H,16,17). The lowest BCUT2D eigenvalue weighted by Gasteiger charge is -2.20. The van der Waals surface area contributed by atoms with E-state index in [0.29, 0.717) is 17.9 Å². The summed E-state index contributed by atoms with van der Waals surface area (Å²) in [6, 6.07) is 4.49. The van der Waals surface area contributed by atoms with Crippen LogP contribution in [0.1, 0.15) is 16.8 Å². The Hall–Kier alpha value is -2.24. The van der Waals surface area contributed by atoms with Gasteiger partial charge in [-0.2, -0.15) is 0 Å². The third-order valence-electron chi connectivity index (χ3n) is 2.56. The number of hydrogen-bond donors (Lipinski definition) is 2. The molecule has 0 spiro atoms. The van der Waals surface area contributed by atoms with Gasteiger partial charge in [-0.15, -0.1) is 0 Å². The van der Waals surface area contributed by atoms with Crippen LogP contribution in [-0.2, 0) is 9.53 Å². The van der Waals surface area contributed by atoms with E-state index in [0.717, 1.165) is 0 Å². The number of carboxylic acid groups (broad SMARTS) is 1. The van der Waals surface area contributed by atoms with E-state index in [1.165, 1.54) is 19.2 Å². The van der Waals surface area contributed by atoms with Crippen molar-refractivity contribution >= 4 is 23.3 Å². The number of carboxylic acids is 1. The third-order valence-corrected chi connectivity index (χ3v) is 2.56. The van der Waals surface area contributed by atoms with Gasteiger partial charge in [-0.25, -0.2) is 4.79 Å². The smallest absolute Gasteiger partial charge is 0.335 e. The fourth-order valence-corrected chi connectivity index (χ4v) is 1.52. The van der Waals surface area contributed by atoms with E-state index in [1.54, 1.807) is 18.0 Å². The van der Waals surface area contributed by atoms with Gasteiger partial charge in [-0.1, -0.05) is 0 Å². The number of hydrogen-bond acceptors (Lipinski definition) is 5. The summed E-state index contributed by atoms with van der Waals surface area (Å²) < 4.78 is 4.54. The van der Waals surface area contributed by atoms with E-state index in [2.05, 4.69) is 4.74 Å². The highest BCUT2D eigenvalue weighted by atomic mass is 16.5. The highest BCUT2D eigenvalue weighted by Crippen LogP contribution is 2.23. The normalized spacial score (nSPS) is 9.89. The number of rotatable bonds is 5. The molecule has 1 rings (SSSR count). The molecule has 0 saturated heterocycles. The number of benzene rings is 1. The maximum atomic E-state index is 11.0. The van der Waals surface area contributed by atoms with Crippen molar-refractivity contribution in [3.63, 3.8) is 0 Å². The Labute approximate surface area is 105 Å². The lowest BCUT2D eigenvalue weighted by molar-refractivity contribution is -0.140. The first kappa shape index (κ1) is 13.8. The lowest BCUT2D eigenvalue weighted by atomic mass is 10.1. The van der Waals surface area contributed by atoms with Gasteiger partial charge in [-0.3, -0.25) is 4.79 Å². The Balaban J connectivity index is 2.77. The summed E-state index contributed by atoms with van der Waals surface area (Å²) in [7, 11) is 3.10. The molecule has 6 heteroatoms. The van der Waals surface area contributed by atoms with Crippen molar-refractivity contribution in [1.82, 2.24) is 0 Å². The zero-order valence-electron chi connectivity index (χ0n) is 10.3. The van der Waals surface area contributed by atoms with Crippen LogP contribution in [0.3, 0.4) is 0 Å². The van der Waals surface area contributed by atoms with Gasteiger partial charge in [0.2, 0.25) is 0 Å². The van der Waals surface area contributed by atoms with Crippen LogP contribution in [0.25, 0.3) is 0 Å². The van der Waals surface area contributed by atoms with Crippen molar-refractivity contribution in [2.24, 2.45) is 0 Å². The fraction of sp³-hybridized carbons (Fsp3) is 0.333. The van der Waals surface area contributed by atoms with Crippen LogP contribution in [0.15, 0.2) is 18.2 Å². The molecule has 1 aromatic rings. The number of carbonyl (C=O) groups is 2. The SMILES string of the molecule is COC(=O)CCN(C)c1ccc(C(=O)O)cc1N. The van der Waals surface area contributed by atoms with Crippen LogP contribution in [0.4, 0.5) is 11.4 Å². The summed E-state index contributed by atoms with van der Waals surface area (Å²) in [6.07, 6.45) is 0.243. The first-order chi connectivity index (χ1) is 8.45. The third kappa shape index (κ3) is 3.38. The second-order valence-corrected chi connectivity index (χ2v) is 3.83. The highest BCUT2D eigenvalue weighted by molar-refractivity contribution is 5.90. The van der Waals surface area contributed by atoms with E-state index in [4.69, 9.17) is 10.8 Å². The van der Waals surface area contributed by atoms with Gasteiger partial charge in [0, 0.05) is 13.6 Å². The van der Waals surface area contributed by atoms with Gasteiger partial charge in [-0.05, 0) is 18.2 Å². The van der Waals surface area contributed by atoms with Crippen molar-refractivity contribution in [3.8, 4) is 0 Å². The molecule has 0 fully saturated rings.